The monoisotopic (exact) mass is 306 g/mol. The van der Waals surface area contributed by atoms with Crippen LogP contribution in [0.2, 0.25) is 10.0 Å². The molecule has 3 nitrogen and oxygen atoms in total. The van der Waals surface area contributed by atoms with Gasteiger partial charge in [0.1, 0.15) is 6.10 Å². The number of nitrogens with zero attached hydrogens (tertiary/aromatic N) is 1. The van der Waals surface area contributed by atoms with Gasteiger partial charge in [-0.25, -0.2) is 4.99 Å². The Morgan fingerprint density at radius 1 is 1.22 bits per heavy atom. The molecule has 1 saturated carbocycles. The Morgan fingerprint density at radius 3 is 2.61 bits per heavy atom. The van der Waals surface area contributed by atoms with Gasteiger partial charge in [-0.05, 0) is 31.4 Å². The molecule has 0 radical (unpaired) electrons. The number of aliphatic imine (C=N–C) groups is 1. The molecule has 0 unspecified atom stereocenters. The summed E-state index contributed by atoms with van der Waals surface area (Å²) < 4.78 is 5.72. The maximum absolute atomic E-state index is 6.07. The molecule has 1 fully saturated rings. The number of para-hydroxylation sites is 1. The standard InChI is InChI=1S/C12H12Cl2N2O.ClH/c13-7-3-1-4-8(14)11(7)16-12-15-9-5-2-6-10(9)17-12;/h1,3-4,9-10H,2,5-6H2,(H,15,16);1H/t9-,10-;/m0./s1. The summed E-state index contributed by atoms with van der Waals surface area (Å²) in [7, 11) is 0. The number of rotatable bonds is 1. The highest BCUT2D eigenvalue weighted by molar-refractivity contribution is 6.39. The third-order valence-electron chi connectivity index (χ3n) is 3.16. The third kappa shape index (κ3) is 2.53. The van der Waals surface area contributed by atoms with Crippen LogP contribution < -0.4 is 5.32 Å². The molecule has 0 spiro atoms. The van der Waals surface area contributed by atoms with Gasteiger partial charge in [0.15, 0.2) is 0 Å². The predicted molar refractivity (Wildman–Crippen MR) is 77.3 cm³/mol. The van der Waals surface area contributed by atoms with Crippen molar-refractivity contribution in [2.24, 2.45) is 4.99 Å². The molecule has 1 aliphatic heterocycles. The summed E-state index contributed by atoms with van der Waals surface area (Å²) in [6.07, 6.45) is 3.61. The number of hydrogen-bond donors (Lipinski definition) is 1. The summed E-state index contributed by atoms with van der Waals surface area (Å²) in [6.45, 7) is 0. The Kier molecular flexibility index (Phi) is 4.25. The van der Waals surface area contributed by atoms with Gasteiger partial charge in [-0.15, -0.1) is 12.4 Å². The van der Waals surface area contributed by atoms with Crippen LogP contribution in [0.15, 0.2) is 23.2 Å². The van der Waals surface area contributed by atoms with E-state index in [1.807, 2.05) is 6.07 Å². The molecule has 1 aromatic rings. The first-order chi connectivity index (χ1) is 8.24. The van der Waals surface area contributed by atoms with Crippen molar-refractivity contribution < 1.29 is 4.74 Å². The van der Waals surface area contributed by atoms with E-state index in [-0.39, 0.29) is 18.5 Å². The predicted octanol–water partition coefficient (Wildman–Crippen LogP) is 4.13. The van der Waals surface area contributed by atoms with E-state index in [0.29, 0.717) is 27.8 Å². The Bertz CT molecular complexity index is 458. The maximum atomic E-state index is 6.07. The van der Waals surface area contributed by atoms with Crippen LogP contribution in [-0.4, -0.2) is 18.2 Å². The highest BCUT2D eigenvalue weighted by Gasteiger charge is 2.35. The van der Waals surface area contributed by atoms with E-state index in [1.54, 1.807) is 12.1 Å². The number of hydrogen-bond acceptors (Lipinski definition) is 3. The molecule has 6 heteroatoms. The Balaban J connectivity index is 0.00000120. The largest absolute Gasteiger partial charge is 0.459 e. The van der Waals surface area contributed by atoms with Crippen molar-refractivity contribution in [3.63, 3.8) is 0 Å². The van der Waals surface area contributed by atoms with E-state index >= 15 is 0 Å². The van der Waals surface area contributed by atoms with Crippen molar-refractivity contribution in [3.8, 4) is 0 Å². The molecule has 1 N–H and O–H groups in total. The van der Waals surface area contributed by atoms with E-state index in [2.05, 4.69) is 10.3 Å². The first-order valence-corrected chi connectivity index (χ1v) is 6.45. The van der Waals surface area contributed by atoms with Crippen LogP contribution in [-0.2, 0) is 4.74 Å². The molecule has 0 saturated heterocycles. The molecule has 0 bridgehead atoms. The van der Waals surface area contributed by atoms with Crippen molar-refractivity contribution in [1.82, 2.24) is 0 Å². The molecular formula is C12H13Cl3N2O. The summed E-state index contributed by atoms with van der Waals surface area (Å²) in [5.74, 6) is 0. The first kappa shape index (κ1) is 13.8. The molecule has 18 heavy (non-hydrogen) atoms. The van der Waals surface area contributed by atoms with Gasteiger partial charge in [0, 0.05) is 0 Å². The lowest BCUT2D eigenvalue weighted by molar-refractivity contribution is 0.210. The van der Waals surface area contributed by atoms with Crippen molar-refractivity contribution in [1.29, 1.82) is 0 Å². The van der Waals surface area contributed by atoms with Crippen LogP contribution >= 0.6 is 35.6 Å². The summed E-state index contributed by atoms with van der Waals surface area (Å²) >= 11 is 12.1. The number of nitrogens with one attached hydrogen (secondary N) is 1. The zero-order chi connectivity index (χ0) is 11.8. The zero-order valence-electron chi connectivity index (χ0n) is 9.53. The number of amidine groups is 1. The smallest absolute Gasteiger partial charge is 0.290 e. The summed E-state index contributed by atoms with van der Waals surface area (Å²) in [5.41, 5.74) is 0.662. The van der Waals surface area contributed by atoms with Gasteiger partial charge in [-0.2, -0.15) is 0 Å². The van der Waals surface area contributed by atoms with E-state index < -0.39 is 0 Å². The van der Waals surface area contributed by atoms with Gasteiger partial charge >= 0.3 is 0 Å². The molecule has 0 amide bonds. The molecule has 2 atom stereocenters. The first-order valence-electron chi connectivity index (χ1n) is 5.69. The molecule has 1 aromatic carbocycles. The van der Waals surface area contributed by atoms with Gasteiger partial charge in [-0.3, -0.25) is 0 Å². The maximum Gasteiger partial charge on any atom is 0.290 e. The van der Waals surface area contributed by atoms with Crippen LogP contribution in [0, 0.1) is 0 Å². The lowest BCUT2D eigenvalue weighted by atomic mass is 10.2. The van der Waals surface area contributed by atoms with Crippen molar-refractivity contribution >= 4 is 47.3 Å². The van der Waals surface area contributed by atoms with Crippen LogP contribution in [0.1, 0.15) is 19.3 Å². The average Bonchev–Trinajstić information content (AvgIpc) is 2.83. The van der Waals surface area contributed by atoms with Crippen molar-refractivity contribution in [2.45, 2.75) is 31.4 Å². The fourth-order valence-electron chi connectivity index (χ4n) is 2.30. The fourth-order valence-corrected chi connectivity index (χ4v) is 2.79. The lowest BCUT2D eigenvalue weighted by Gasteiger charge is -2.11. The summed E-state index contributed by atoms with van der Waals surface area (Å²) in [5, 5.41) is 4.21. The van der Waals surface area contributed by atoms with Gasteiger partial charge < -0.3 is 10.1 Å². The minimum atomic E-state index is 0. The second kappa shape index (κ2) is 5.55. The van der Waals surface area contributed by atoms with E-state index in [1.165, 1.54) is 6.42 Å². The lowest BCUT2D eigenvalue weighted by Crippen LogP contribution is -2.18. The topological polar surface area (TPSA) is 33.6 Å². The molecule has 1 heterocycles. The van der Waals surface area contributed by atoms with Crippen LogP contribution in [0.25, 0.3) is 0 Å². The van der Waals surface area contributed by atoms with Gasteiger partial charge in [0.2, 0.25) is 0 Å². The van der Waals surface area contributed by atoms with Gasteiger partial charge in [0.05, 0.1) is 21.8 Å². The highest BCUT2D eigenvalue weighted by atomic mass is 35.5. The minimum Gasteiger partial charge on any atom is -0.459 e. The number of fused-ring (bicyclic) bond motifs is 1. The number of halogens is 3. The molecule has 1 aliphatic carbocycles. The van der Waals surface area contributed by atoms with Gasteiger partial charge in [-0.1, -0.05) is 29.3 Å². The SMILES string of the molecule is Cl.Clc1cccc(Cl)c1NC1=N[C@H]2CCC[C@@H]2O1. The summed E-state index contributed by atoms with van der Waals surface area (Å²) in [6, 6.07) is 6.22. The normalized spacial score (nSPS) is 24.9. The van der Waals surface area contributed by atoms with Crippen LogP contribution in [0.4, 0.5) is 5.69 Å². The van der Waals surface area contributed by atoms with Crippen molar-refractivity contribution in [2.75, 3.05) is 5.32 Å². The van der Waals surface area contributed by atoms with Crippen molar-refractivity contribution in [3.05, 3.63) is 28.2 Å². The third-order valence-corrected chi connectivity index (χ3v) is 3.79. The quantitative estimate of drug-likeness (QED) is 0.846. The number of anilines is 1. The molecule has 3 rings (SSSR count). The summed E-state index contributed by atoms with van der Waals surface area (Å²) in [4.78, 5) is 4.49. The minimum absolute atomic E-state index is 0. The molecule has 0 aromatic heterocycles. The van der Waals surface area contributed by atoms with Crippen LogP contribution in [0.5, 0.6) is 0 Å². The van der Waals surface area contributed by atoms with Crippen LogP contribution in [0.3, 0.4) is 0 Å². The second-order valence-electron chi connectivity index (χ2n) is 4.31. The zero-order valence-corrected chi connectivity index (χ0v) is 11.9. The number of benzene rings is 1. The van der Waals surface area contributed by atoms with Gasteiger partial charge in [0.25, 0.3) is 6.02 Å². The Hall–Kier alpha value is -0.640. The number of ether oxygens (including phenoxy) is 1. The fraction of sp³-hybridized carbons (Fsp3) is 0.417. The highest BCUT2D eigenvalue weighted by Crippen LogP contribution is 2.33. The Labute approximate surface area is 122 Å². The second-order valence-corrected chi connectivity index (χ2v) is 5.12. The van der Waals surface area contributed by atoms with E-state index in [9.17, 15) is 0 Å². The molecule has 98 valence electrons. The Morgan fingerprint density at radius 2 is 1.94 bits per heavy atom. The molecule has 2 aliphatic rings. The van der Waals surface area contributed by atoms with E-state index in [4.69, 9.17) is 27.9 Å². The average molecular weight is 308 g/mol. The van der Waals surface area contributed by atoms with E-state index in [0.717, 1.165) is 12.8 Å². The molecular weight excluding hydrogens is 295 g/mol.